The lowest BCUT2D eigenvalue weighted by molar-refractivity contribution is 0.842. The van der Waals surface area contributed by atoms with Crippen molar-refractivity contribution in [3.05, 3.63) is 71.0 Å². The second-order valence-electron chi connectivity index (χ2n) is 8.18. The molecule has 0 unspecified atom stereocenters. The molecule has 4 aromatic rings. The Bertz CT molecular complexity index is 1260. The fraction of sp³-hybridized carbons (Fsp3) is 0.308. The smallest absolute Gasteiger partial charge is 0.116 e. The molecule has 1 heterocycles. The fourth-order valence-corrected chi connectivity index (χ4v) is 4.01. The first-order chi connectivity index (χ1) is 13.9. The quantitative estimate of drug-likeness (QED) is 0.353. The normalized spacial score (nSPS) is 13.6. The summed E-state index contributed by atoms with van der Waals surface area (Å²) in [5.74, 6) is -1.56. The van der Waals surface area contributed by atoms with Gasteiger partial charge in [-0.25, -0.2) is 9.97 Å². The highest BCUT2D eigenvalue weighted by atomic mass is 14.8. The summed E-state index contributed by atoms with van der Waals surface area (Å²) in [6, 6.07) is 14.7. The molecule has 0 N–H and O–H groups in total. The van der Waals surface area contributed by atoms with E-state index in [4.69, 9.17) is 2.74 Å². The van der Waals surface area contributed by atoms with E-state index >= 15 is 0 Å². The number of hydrogen-bond donors (Lipinski definition) is 0. The van der Waals surface area contributed by atoms with Gasteiger partial charge < -0.3 is 0 Å². The minimum Gasteiger partial charge on any atom is -0.236 e. The Hall–Kier alpha value is -2.74. The lowest BCUT2D eigenvalue weighted by atomic mass is 9.88. The summed E-state index contributed by atoms with van der Waals surface area (Å²) in [4.78, 5) is 9.29. The molecule has 0 bridgehead atoms. The van der Waals surface area contributed by atoms with Crippen LogP contribution in [0.15, 0.2) is 48.8 Å². The van der Waals surface area contributed by atoms with Crippen LogP contribution in [0, 0.1) is 13.8 Å². The van der Waals surface area contributed by atoms with Crippen molar-refractivity contribution in [3.63, 3.8) is 0 Å². The van der Waals surface area contributed by atoms with E-state index in [1.165, 1.54) is 11.1 Å². The molecule has 2 heteroatoms. The molecule has 0 atom stereocenters. The van der Waals surface area contributed by atoms with Crippen LogP contribution < -0.4 is 0 Å². The summed E-state index contributed by atoms with van der Waals surface area (Å²) in [7, 11) is 0. The van der Waals surface area contributed by atoms with Crippen molar-refractivity contribution in [3.8, 4) is 11.3 Å². The second-order valence-corrected chi connectivity index (χ2v) is 8.18. The third-order valence-corrected chi connectivity index (χ3v) is 5.33. The highest BCUT2D eigenvalue weighted by Crippen LogP contribution is 2.36. The molecular formula is C26H28N2. The monoisotopic (exact) mass is 370 g/mol. The van der Waals surface area contributed by atoms with E-state index in [1.807, 2.05) is 33.8 Å². The molecule has 0 amide bonds. The second kappa shape index (κ2) is 7.01. The van der Waals surface area contributed by atoms with Gasteiger partial charge in [-0.3, -0.25) is 0 Å². The van der Waals surface area contributed by atoms with Crippen molar-refractivity contribution in [2.45, 2.75) is 53.3 Å². The molecule has 1 aromatic heterocycles. The number of aromatic nitrogens is 2. The number of rotatable bonds is 3. The predicted octanol–water partition coefficient (Wildman–Crippen LogP) is 7.31. The zero-order chi connectivity index (χ0) is 21.8. The van der Waals surface area contributed by atoms with Gasteiger partial charge in [0.05, 0.1) is 11.2 Å². The van der Waals surface area contributed by atoms with Crippen LogP contribution in [-0.4, -0.2) is 9.97 Å². The third kappa shape index (κ3) is 3.17. The molecule has 28 heavy (non-hydrogen) atoms. The molecule has 0 aliphatic heterocycles. The molecular weight excluding hydrogens is 340 g/mol. The van der Waals surface area contributed by atoms with Crippen LogP contribution in [0.4, 0.5) is 0 Å². The van der Waals surface area contributed by atoms with Gasteiger partial charge in [-0.2, -0.15) is 0 Å². The van der Waals surface area contributed by atoms with Gasteiger partial charge in [-0.1, -0.05) is 63.1 Å². The first-order valence-corrected chi connectivity index (χ1v) is 9.76. The van der Waals surface area contributed by atoms with Gasteiger partial charge in [-0.15, -0.1) is 0 Å². The SMILES string of the molecule is [2H]C(C)(C)c1cc(C([2H])(C)C)c2c(ccc3c(-c4cc(C)cc(C)c4)ncnc32)c1. The molecule has 0 radical (unpaired) electrons. The molecule has 2 nitrogen and oxygen atoms in total. The zero-order valence-electron chi connectivity index (χ0n) is 19.5. The number of nitrogens with zero attached hydrogens (tertiary/aromatic N) is 2. The van der Waals surface area contributed by atoms with Crippen LogP contribution in [0.2, 0.25) is 0 Å². The van der Waals surface area contributed by atoms with Gasteiger partial charge in [0, 0.05) is 19.1 Å². The van der Waals surface area contributed by atoms with E-state index in [0.717, 1.165) is 44.1 Å². The van der Waals surface area contributed by atoms with Gasteiger partial charge in [-0.05, 0) is 60.3 Å². The van der Waals surface area contributed by atoms with E-state index in [0.29, 0.717) is 0 Å². The third-order valence-electron chi connectivity index (χ3n) is 5.33. The summed E-state index contributed by atoms with van der Waals surface area (Å²) in [5, 5.41) is 2.98. The topological polar surface area (TPSA) is 25.8 Å². The maximum atomic E-state index is 8.80. The van der Waals surface area contributed by atoms with Crippen molar-refractivity contribution in [1.82, 2.24) is 9.97 Å². The average Bonchev–Trinajstić information content (AvgIpc) is 2.64. The first kappa shape index (κ1) is 16.2. The molecule has 0 fully saturated rings. The Kier molecular flexibility index (Phi) is 4.07. The Morgan fingerprint density at radius 3 is 2.18 bits per heavy atom. The van der Waals surface area contributed by atoms with Crippen LogP contribution in [-0.2, 0) is 0 Å². The number of benzene rings is 3. The van der Waals surface area contributed by atoms with Crippen LogP contribution in [0.3, 0.4) is 0 Å². The van der Waals surface area contributed by atoms with Gasteiger partial charge in [0.2, 0.25) is 0 Å². The van der Waals surface area contributed by atoms with Gasteiger partial charge in [0.15, 0.2) is 0 Å². The molecule has 3 aromatic carbocycles. The first-order valence-electron chi connectivity index (χ1n) is 10.8. The van der Waals surface area contributed by atoms with E-state index in [1.54, 1.807) is 6.33 Å². The summed E-state index contributed by atoms with van der Waals surface area (Å²) in [6.07, 6.45) is 1.62. The van der Waals surface area contributed by atoms with Crippen molar-refractivity contribution in [1.29, 1.82) is 0 Å². The molecule has 4 rings (SSSR count). The van der Waals surface area contributed by atoms with E-state index in [-0.39, 0.29) is 0 Å². The highest BCUT2D eigenvalue weighted by molar-refractivity contribution is 6.10. The molecule has 0 spiro atoms. The van der Waals surface area contributed by atoms with Gasteiger partial charge >= 0.3 is 0 Å². The van der Waals surface area contributed by atoms with Crippen molar-refractivity contribution in [2.75, 3.05) is 0 Å². The molecule has 0 saturated carbocycles. The minimum absolute atomic E-state index is 0.737. The molecule has 0 aliphatic carbocycles. The average molecular weight is 371 g/mol. The summed E-state index contributed by atoms with van der Waals surface area (Å²) >= 11 is 0. The predicted molar refractivity (Wildman–Crippen MR) is 120 cm³/mol. The van der Waals surface area contributed by atoms with E-state index in [2.05, 4.69) is 60.2 Å². The van der Waals surface area contributed by atoms with Crippen LogP contribution in [0.25, 0.3) is 32.9 Å². The fourth-order valence-electron chi connectivity index (χ4n) is 4.01. The Balaban J connectivity index is 2.12. The van der Waals surface area contributed by atoms with Crippen molar-refractivity contribution in [2.24, 2.45) is 0 Å². The van der Waals surface area contributed by atoms with Gasteiger partial charge in [0.1, 0.15) is 6.33 Å². The number of aryl methyl sites for hydroxylation is 2. The number of hydrogen-bond acceptors (Lipinski definition) is 2. The van der Waals surface area contributed by atoms with Crippen LogP contribution in [0.5, 0.6) is 0 Å². The zero-order valence-corrected chi connectivity index (χ0v) is 17.5. The van der Waals surface area contributed by atoms with Crippen molar-refractivity contribution >= 4 is 21.7 Å². The van der Waals surface area contributed by atoms with Crippen molar-refractivity contribution < 1.29 is 2.74 Å². The maximum Gasteiger partial charge on any atom is 0.116 e. The largest absolute Gasteiger partial charge is 0.236 e. The summed E-state index contributed by atoms with van der Waals surface area (Å²) in [6.45, 7) is 11.8. The Morgan fingerprint density at radius 2 is 1.54 bits per heavy atom. The number of fused-ring (bicyclic) bond motifs is 3. The molecule has 142 valence electrons. The van der Waals surface area contributed by atoms with E-state index < -0.39 is 11.8 Å². The summed E-state index contributed by atoms with van der Waals surface area (Å²) in [5.41, 5.74) is 7.06. The summed E-state index contributed by atoms with van der Waals surface area (Å²) < 4.78 is 17.3. The van der Waals surface area contributed by atoms with Gasteiger partial charge in [0.25, 0.3) is 0 Å². The Morgan fingerprint density at radius 1 is 0.821 bits per heavy atom. The standard InChI is InChI=1S/C26H28N2/c1-15(2)20-12-19-7-8-22-25(21-10-17(5)9-18(6)11-21)27-14-28-26(22)24(19)23(13-20)16(3)4/h7-16H,1-6H3/i15D,16D. The molecule has 0 saturated heterocycles. The molecule has 0 aliphatic rings. The Labute approximate surface area is 170 Å². The van der Waals surface area contributed by atoms with E-state index in [9.17, 15) is 0 Å². The van der Waals surface area contributed by atoms with Crippen LogP contribution in [0.1, 0.15) is 64.5 Å². The lowest BCUT2D eigenvalue weighted by Crippen LogP contribution is -1.98. The van der Waals surface area contributed by atoms with Crippen LogP contribution >= 0.6 is 0 Å². The highest BCUT2D eigenvalue weighted by Gasteiger charge is 2.16. The maximum absolute atomic E-state index is 8.80. The lowest BCUT2D eigenvalue weighted by Gasteiger charge is -2.17. The minimum atomic E-state index is -0.821.